The van der Waals surface area contributed by atoms with Gasteiger partial charge in [-0.05, 0) is 64.7 Å². The van der Waals surface area contributed by atoms with E-state index in [9.17, 15) is 0 Å². The van der Waals surface area contributed by atoms with Gasteiger partial charge >= 0.3 is 0 Å². The van der Waals surface area contributed by atoms with Crippen molar-refractivity contribution < 1.29 is 4.74 Å². The van der Waals surface area contributed by atoms with Crippen molar-refractivity contribution >= 4 is 0 Å². The van der Waals surface area contributed by atoms with E-state index in [1.54, 1.807) is 0 Å². The van der Waals surface area contributed by atoms with Gasteiger partial charge in [0, 0.05) is 6.54 Å². The molecule has 0 aromatic carbocycles. The fourth-order valence-corrected chi connectivity index (χ4v) is 4.01. The molecule has 0 saturated carbocycles. The molecule has 0 radical (unpaired) electrons. The van der Waals surface area contributed by atoms with Crippen LogP contribution >= 0.6 is 0 Å². The van der Waals surface area contributed by atoms with Gasteiger partial charge in [-0.1, -0.05) is 39.5 Å². The molecule has 22 heavy (non-hydrogen) atoms. The Bertz CT molecular complexity index is 302. The second-order valence-electron chi connectivity index (χ2n) is 7.72. The molecule has 130 valence electrons. The topological polar surface area (TPSA) is 19.0 Å². The van der Waals surface area contributed by atoms with Crippen LogP contribution in [0.3, 0.4) is 0 Å². The lowest BCUT2D eigenvalue weighted by Crippen LogP contribution is -2.37. The standard InChI is InChI=1S/C19H38N2O/c1-5-6-7-9-16(2)18-10-14-21(15-11-18)13-8-12-20(4)19-17(3)22-19/h16-19H,5-15H2,1-4H3. The van der Waals surface area contributed by atoms with Crippen molar-refractivity contribution in [1.29, 1.82) is 0 Å². The minimum absolute atomic E-state index is 0.398. The minimum Gasteiger partial charge on any atom is -0.353 e. The molecule has 2 fully saturated rings. The van der Waals surface area contributed by atoms with E-state index in [-0.39, 0.29) is 0 Å². The molecule has 2 heterocycles. The minimum atomic E-state index is 0.398. The SMILES string of the molecule is CCCCCC(C)C1CCN(CCCN(C)C2OC2C)CC1. The number of rotatable bonds is 10. The lowest BCUT2D eigenvalue weighted by atomic mass is 9.82. The first kappa shape index (κ1) is 18.2. The molecule has 3 atom stereocenters. The first-order valence-corrected chi connectivity index (χ1v) is 9.69. The smallest absolute Gasteiger partial charge is 0.137 e. The fourth-order valence-electron chi connectivity index (χ4n) is 4.01. The van der Waals surface area contributed by atoms with Gasteiger partial charge in [-0.2, -0.15) is 0 Å². The van der Waals surface area contributed by atoms with E-state index in [4.69, 9.17) is 4.74 Å². The van der Waals surface area contributed by atoms with Crippen LogP contribution in [-0.4, -0.2) is 55.4 Å². The molecule has 0 aliphatic carbocycles. The zero-order valence-corrected chi connectivity index (χ0v) is 15.4. The number of nitrogens with zero attached hydrogens (tertiary/aromatic N) is 2. The maximum Gasteiger partial charge on any atom is 0.137 e. The Hall–Kier alpha value is -0.120. The molecule has 3 unspecified atom stereocenters. The van der Waals surface area contributed by atoms with Gasteiger partial charge in [-0.3, -0.25) is 4.90 Å². The summed E-state index contributed by atoms with van der Waals surface area (Å²) in [5.74, 6) is 1.92. The van der Waals surface area contributed by atoms with Crippen molar-refractivity contribution in [2.45, 2.75) is 78.0 Å². The highest BCUT2D eigenvalue weighted by molar-refractivity contribution is 4.80. The van der Waals surface area contributed by atoms with Crippen LogP contribution in [0.5, 0.6) is 0 Å². The number of likely N-dealkylation sites (tertiary alicyclic amines) is 1. The van der Waals surface area contributed by atoms with Gasteiger partial charge in [0.15, 0.2) is 0 Å². The summed E-state index contributed by atoms with van der Waals surface area (Å²) in [7, 11) is 2.19. The first-order chi connectivity index (χ1) is 10.6. The van der Waals surface area contributed by atoms with Crippen LogP contribution in [-0.2, 0) is 4.74 Å². The third-order valence-electron chi connectivity index (χ3n) is 5.80. The number of hydrogen-bond acceptors (Lipinski definition) is 3. The van der Waals surface area contributed by atoms with E-state index in [1.165, 1.54) is 71.1 Å². The predicted octanol–water partition coefficient (Wildman–Crippen LogP) is 3.98. The summed E-state index contributed by atoms with van der Waals surface area (Å²) >= 11 is 0. The Morgan fingerprint density at radius 2 is 1.86 bits per heavy atom. The highest BCUT2D eigenvalue weighted by Crippen LogP contribution is 2.28. The van der Waals surface area contributed by atoms with Crippen LogP contribution in [0.1, 0.15) is 65.7 Å². The molecule has 2 aliphatic rings. The summed E-state index contributed by atoms with van der Waals surface area (Å²) in [6, 6.07) is 0. The van der Waals surface area contributed by atoms with Crippen LogP contribution in [0.4, 0.5) is 0 Å². The summed E-state index contributed by atoms with van der Waals surface area (Å²) in [5, 5.41) is 0. The van der Waals surface area contributed by atoms with Crippen molar-refractivity contribution in [3.05, 3.63) is 0 Å². The summed E-state index contributed by atoms with van der Waals surface area (Å²) < 4.78 is 5.51. The van der Waals surface area contributed by atoms with Gasteiger partial charge in [0.1, 0.15) is 6.23 Å². The van der Waals surface area contributed by atoms with Crippen molar-refractivity contribution in [2.24, 2.45) is 11.8 Å². The summed E-state index contributed by atoms with van der Waals surface area (Å²) in [4.78, 5) is 5.05. The highest BCUT2D eigenvalue weighted by Gasteiger charge is 2.37. The number of piperidine rings is 1. The van der Waals surface area contributed by atoms with E-state index in [0.29, 0.717) is 12.3 Å². The second kappa shape index (κ2) is 9.24. The quantitative estimate of drug-likeness (QED) is 0.449. The molecule has 2 rings (SSSR count). The largest absolute Gasteiger partial charge is 0.353 e. The van der Waals surface area contributed by atoms with Gasteiger partial charge in [0.25, 0.3) is 0 Å². The van der Waals surface area contributed by atoms with Gasteiger partial charge in [0.2, 0.25) is 0 Å². The van der Waals surface area contributed by atoms with Gasteiger partial charge < -0.3 is 9.64 Å². The monoisotopic (exact) mass is 310 g/mol. The van der Waals surface area contributed by atoms with Crippen molar-refractivity contribution in [2.75, 3.05) is 33.2 Å². The zero-order chi connectivity index (χ0) is 15.9. The molecule has 3 heteroatoms. The van der Waals surface area contributed by atoms with Crippen LogP contribution in [0, 0.1) is 11.8 Å². The summed E-state index contributed by atoms with van der Waals surface area (Å²) in [6.45, 7) is 12.0. The molecule has 0 N–H and O–H groups in total. The Labute approximate surface area is 138 Å². The van der Waals surface area contributed by atoms with E-state index >= 15 is 0 Å². The lowest BCUT2D eigenvalue weighted by molar-refractivity contribution is 0.137. The molecule has 0 amide bonds. The first-order valence-electron chi connectivity index (χ1n) is 9.69. The summed E-state index contributed by atoms with van der Waals surface area (Å²) in [5.41, 5.74) is 0. The fraction of sp³-hybridized carbons (Fsp3) is 1.00. The number of hydrogen-bond donors (Lipinski definition) is 0. The number of epoxide rings is 1. The molecule has 2 aliphatic heterocycles. The predicted molar refractivity (Wildman–Crippen MR) is 94.1 cm³/mol. The molecule has 0 bridgehead atoms. The third kappa shape index (κ3) is 5.82. The molecule has 0 spiro atoms. The molecule has 0 aromatic rings. The van der Waals surface area contributed by atoms with E-state index < -0.39 is 0 Å². The Balaban J connectivity index is 1.53. The number of unbranched alkanes of at least 4 members (excludes halogenated alkanes) is 2. The second-order valence-corrected chi connectivity index (χ2v) is 7.72. The molecule has 2 saturated heterocycles. The van der Waals surface area contributed by atoms with Crippen molar-refractivity contribution in [1.82, 2.24) is 9.80 Å². The number of likely N-dealkylation sites (N-methyl/N-ethyl adjacent to an activating group) is 1. The van der Waals surface area contributed by atoms with E-state index in [1.807, 2.05) is 0 Å². The molecular weight excluding hydrogens is 272 g/mol. The average Bonchev–Trinajstić information content (AvgIpc) is 3.25. The van der Waals surface area contributed by atoms with E-state index in [2.05, 4.69) is 37.6 Å². The van der Waals surface area contributed by atoms with E-state index in [0.717, 1.165) is 11.8 Å². The Morgan fingerprint density at radius 3 is 2.45 bits per heavy atom. The van der Waals surface area contributed by atoms with Crippen LogP contribution in [0.25, 0.3) is 0 Å². The molecule has 0 aromatic heterocycles. The molecular formula is C19H38N2O. The Morgan fingerprint density at radius 1 is 1.18 bits per heavy atom. The zero-order valence-electron chi connectivity index (χ0n) is 15.4. The van der Waals surface area contributed by atoms with Crippen LogP contribution < -0.4 is 0 Å². The summed E-state index contributed by atoms with van der Waals surface area (Å²) in [6.07, 6.45) is 10.6. The highest BCUT2D eigenvalue weighted by atomic mass is 16.6. The Kier molecular flexibility index (Phi) is 7.66. The normalized spacial score (nSPS) is 28.2. The maximum absolute atomic E-state index is 5.51. The number of ether oxygens (including phenoxy) is 1. The average molecular weight is 311 g/mol. The molecule has 3 nitrogen and oxygen atoms in total. The lowest BCUT2D eigenvalue weighted by Gasteiger charge is -2.35. The third-order valence-corrected chi connectivity index (χ3v) is 5.80. The van der Waals surface area contributed by atoms with Crippen LogP contribution in [0.15, 0.2) is 0 Å². The van der Waals surface area contributed by atoms with Gasteiger partial charge in [-0.15, -0.1) is 0 Å². The van der Waals surface area contributed by atoms with Crippen LogP contribution in [0.2, 0.25) is 0 Å². The van der Waals surface area contributed by atoms with Gasteiger partial charge in [-0.25, -0.2) is 0 Å². The van der Waals surface area contributed by atoms with Crippen molar-refractivity contribution in [3.8, 4) is 0 Å². The maximum atomic E-state index is 5.51. The van der Waals surface area contributed by atoms with Crippen molar-refractivity contribution in [3.63, 3.8) is 0 Å². The van der Waals surface area contributed by atoms with Gasteiger partial charge in [0.05, 0.1) is 6.10 Å².